The van der Waals surface area contributed by atoms with Crippen molar-refractivity contribution in [2.45, 2.75) is 18.1 Å². The molecule has 0 fully saturated rings. The molecule has 0 aliphatic heterocycles. The van der Waals surface area contributed by atoms with Crippen LogP contribution < -0.4 is 0 Å². The molecule has 0 nitrogen and oxygen atoms in total. The Balaban J connectivity index is 1.51. The van der Waals surface area contributed by atoms with E-state index in [2.05, 4.69) is 102 Å². The van der Waals surface area contributed by atoms with Gasteiger partial charge >= 0.3 is 0 Å². The Morgan fingerprint density at radius 1 is 0.654 bits per heavy atom. The van der Waals surface area contributed by atoms with E-state index < -0.39 is 0 Å². The SMILES string of the molecule is CSCC(CSCCc1ccccc1)SCCSCCc1ccccc1. The summed E-state index contributed by atoms with van der Waals surface area (Å²) in [5, 5.41) is 0.792. The summed E-state index contributed by atoms with van der Waals surface area (Å²) in [4.78, 5) is 0. The Morgan fingerprint density at radius 2 is 1.23 bits per heavy atom. The molecule has 2 rings (SSSR count). The van der Waals surface area contributed by atoms with Crippen molar-refractivity contribution in [3.8, 4) is 0 Å². The third-order valence-electron chi connectivity index (χ3n) is 3.99. The molecular weight excluding hydrogens is 393 g/mol. The third kappa shape index (κ3) is 10.2. The molecule has 2 aromatic rings. The summed E-state index contributed by atoms with van der Waals surface area (Å²) in [7, 11) is 0. The van der Waals surface area contributed by atoms with E-state index in [1.54, 1.807) is 0 Å². The van der Waals surface area contributed by atoms with Crippen molar-refractivity contribution in [1.82, 2.24) is 0 Å². The smallest absolute Gasteiger partial charge is 0.0228 e. The summed E-state index contributed by atoms with van der Waals surface area (Å²) in [5.74, 6) is 7.59. The van der Waals surface area contributed by atoms with Crippen LogP contribution in [0.3, 0.4) is 0 Å². The van der Waals surface area contributed by atoms with Gasteiger partial charge in [-0.15, -0.1) is 0 Å². The topological polar surface area (TPSA) is 0 Å². The second-order valence-electron chi connectivity index (χ2n) is 6.11. The first-order chi connectivity index (χ1) is 12.9. The van der Waals surface area contributed by atoms with Crippen LogP contribution in [0.1, 0.15) is 11.1 Å². The Hall–Kier alpha value is -0.160. The van der Waals surface area contributed by atoms with Gasteiger partial charge in [0.25, 0.3) is 0 Å². The summed E-state index contributed by atoms with van der Waals surface area (Å²) >= 11 is 8.38. The predicted octanol–water partition coefficient (Wildman–Crippen LogP) is 6.40. The fraction of sp³-hybridized carbons (Fsp3) is 0.455. The van der Waals surface area contributed by atoms with E-state index in [9.17, 15) is 0 Å². The van der Waals surface area contributed by atoms with Crippen molar-refractivity contribution in [2.24, 2.45) is 0 Å². The van der Waals surface area contributed by atoms with E-state index >= 15 is 0 Å². The molecule has 26 heavy (non-hydrogen) atoms. The van der Waals surface area contributed by atoms with Crippen molar-refractivity contribution in [1.29, 1.82) is 0 Å². The molecule has 0 aliphatic rings. The Labute approximate surface area is 177 Å². The van der Waals surface area contributed by atoms with Crippen LogP contribution in [0.15, 0.2) is 60.7 Å². The van der Waals surface area contributed by atoms with Crippen molar-refractivity contribution in [2.75, 3.05) is 40.8 Å². The lowest BCUT2D eigenvalue weighted by atomic mass is 10.2. The van der Waals surface area contributed by atoms with Gasteiger partial charge < -0.3 is 0 Å². The largest absolute Gasteiger partial charge is 0.164 e. The lowest BCUT2D eigenvalue weighted by Gasteiger charge is -2.15. The summed E-state index contributed by atoms with van der Waals surface area (Å²) in [6.07, 6.45) is 4.62. The van der Waals surface area contributed by atoms with E-state index in [1.807, 2.05) is 11.8 Å². The second kappa shape index (κ2) is 14.8. The number of benzene rings is 2. The van der Waals surface area contributed by atoms with Gasteiger partial charge in [0.05, 0.1) is 0 Å². The van der Waals surface area contributed by atoms with Crippen LogP contribution in [-0.4, -0.2) is 46.0 Å². The molecule has 1 atom stereocenters. The summed E-state index contributed by atoms with van der Waals surface area (Å²) in [5.41, 5.74) is 2.92. The molecule has 0 aromatic heterocycles. The predicted molar refractivity (Wildman–Crippen MR) is 130 cm³/mol. The number of hydrogen-bond donors (Lipinski definition) is 0. The van der Waals surface area contributed by atoms with Crippen LogP contribution in [0.2, 0.25) is 0 Å². The quantitative estimate of drug-likeness (QED) is 0.323. The van der Waals surface area contributed by atoms with E-state index in [-0.39, 0.29) is 0 Å². The van der Waals surface area contributed by atoms with Crippen LogP contribution in [-0.2, 0) is 12.8 Å². The summed E-state index contributed by atoms with van der Waals surface area (Å²) in [6, 6.07) is 21.7. The maximum Gasteiger partial charge on any atom is 0.0228 e. The van der Waals surface area contributed by atoms with Crippen LogP contribution >= 0.6 is 47.0 Å². The Kier molecular flexibility index (Phi) is 12.6. The van der Waals surface area contributed by atoms with Crippen molar-refractivity contribution >= 4 is 47.0 Å². The molecule has 0 radical (unpaired) electrons. The highest BCUT2D eigenvalue weighted by atomic mass is 32.2. The molecule has 0 aliphatic carbocycles. The first-order valence-corrected chi connectivity index (χ1v) is 14.0. The molecule has 2 aromatic carbocycles. The standard InChI is InChI=1S/C22H30S4/c1-23-18-22(19-25-15-13-21-10-6-3-7-11-21)26-17-16-24-14-12-20-8-4-2-5-9-20/h2-11,22H,12-19H2,1H3. The van der Waals surface area contributed by atoms with Gasteiger partial charge in [0, 0.05) is 28.3 Å². The molecule has 4 heteroatoms. The Bertz CT molecular complexity index is 559. The second-order valence-corrected chi connectivity index (χ2v) is 10.8. The minimum Gasteiger partial charge on any atom is -0.164 e. The van der Waals surface area contributed by atoms with Gasteiger partial charge in [-0.25, -0.2) is 0 Å². The summed E-state index contributed by atoms with van der Waals surface area (Å²) in [6.45, 7) is 0. The molecule has 0 saturated carbocycles. The first kappa shape index (κ1) is 22.1. The minimum atomic E-state index is 0.792. The molecule has 0 saturated heterocycles. The van der Waals surface area contributed by atoms with E-state index in [4.69, 9.17) is 0 Å². The lowest BCUT2D eigenvalue weighted by Crippen LogP contribution is -2.12. The molecule has 142 valence electrons. The van der Waals surface area contributed by atoms with Gasteiger partial charge in [0.1, 0.15) is 0 Å². The molecule has 0 amide bonds. The molecule has 1 unspecified atom stereocenters. The van der Waals surface area contributed by atoms with Crippen LogP contribution in [0, 0.1) is 0 Å². The van der Waals surface area contributed by atoms with Gasteiger partial charge in [-0.2, -0.15) is 47.0 Å². The number of rotatable bonds is 14. The maximum atomic E-state index is 2.24. The van der Waals surface area contributed by atoms with Gasteiger partial charge in [-0.1, -0.05) is 60.7 Å². The first-order valence-electron chi connectivity index (χ1n) is 9.22. The zero-order valence-corrected chi connectivity index (χ0v) is 18.9. The van der Waals surface area contributed by atoms with Gasteiger partial charge in [0.15, 0.2) is 0 Å². The molecular formula is C22H30S4. The highest BCUT2D eigenvalue weighted by Gasteiger charge is 2.09. The molecule has 0 N–H and O–H groups in total. The highest BCUT2D eigenvalue weighted by Crippen LogP contribution is 2.22. The van der Waals surface area contributed by atoms with Gasteiger partial charge in [-0.3, -0.25) is 0 Å². The van der Waals surface area contributed by atoms with Crippen molar-refractivity contribution in [3.63, 3.8) is 0 Å². The molecule has 0 heterocycles. The monoisotopic (exact) mass is 422 g/mol. The average Bonchev–Trinajstić information content (AvgIpc) is 2.69. The maximum absolute atomic E-state index is 2.24. The Morgan fingerprint density at radius 3 is 1.81 bits per heavy atom. The molecule has 0 bridgehead atoms. The van der Waals surface area contributed by atoms with Crippen molar-refractivity contribution < 1.29 is 0 Å². The summed E-state index contributed by atoms with van der Waals surface area (Å²) < 4.78 is 0. The van der Waals surface area contributed by atoms with E-state index in [1.165, 1.54) is 58.5 Å². The highest BCUT2D eigenvalue weighted by molar-refractivity contribution is 8.06. The number of aryl methyl sites for hydroxylation is 2. The normalized spacial score (nSPS) is 12.2. The lowest BCUT2D eigenvalue weighted by molar-refractivity contribution is 1.12. The van der Waals surface area contributed by atoms with E-state index in [0.717, 1.165) is 5.25 Å². The van der Waals surface area contributed by atoms with Crippen molar-refractivity contribution in [3.05, 3.63) is 71.8 Å². The minimum absolute atomic E-state index is 0.792. The zero-order valence-electron chi connectivity index (χ0n) is 15.6. The fourth-order valence-electron chi connectivity index (χ4n) is 2.59. The van der Waals surface area contributed by atoms with Gasteiger partial charge in [0.2, 0.25) is 0 Å². The molecule has 0 spiro atoms. The number of thioether (sulfide) groups is 4. The van der Waals surface area contributed by atoms with Gasteiger partial charge in [-0.05, 0) is 41.7 Å². The van der Waals surface area contributed by atoms with Crippen LogP contribution in [0.25, 0.3) is 0 Å². The van der Waals surface area contributed by atoms with Crippen LogP contribution in [0.4, 0.5) is 0 Å². The zero-order chi connectivity index (χ0) is 18.3. The number of hydrogen-bond acceptors (Lipinski definition) is 4. The van der Waals surface area contributed by atoms with E-state index in [0.29, 0.717) is 0 Å². The average molecular weight is 423 g/mol. The van der Waals surface area contributed by atoms with Crippen LogP contribution in [0.5, 0.6) is 0 Å². The third-order valence-corrected chi connectivity index (χ3v) is 8.77. The fourth-order valence-corrected chi connectivity index (χ4v) is 7.40.